The fourth-order valence-corrected chi connectivity index (χ4v) is 7.34. The van der Waals surface area contributed by atoms with Crippen LogP contribution in [0.1, 0.15) is 111 Å². The van der Waals surface area contributed by atoms with Crippen LogP contribution in [0.15, 0.2) is 0 Å². The zero-order valence-electron chi connectivity index (χ0n) is 18.8. The molecule has 0 bridgehead atoms. The lowest BCUT2D eigenvalue weighted by Crippen LogP contribution is -2.07. The Morgan fingerprint density at radius 1 is 0.615 bits per heavy atom. The van der Waals surface area contributed by atoms with Gasteiger partial charge in [-0.1, -0.05) is 72.6 Å². The van der Waals surface area contributed by atoms with Gasteiger partial charge in [0, 0.05) is 22.0 Å². The van der Waals surface area contributed by atoms with Gasteiger partial charge in [-0.05, 0) is 44.7 Å². The molecule has 0 aliphatic heterocycles. The Morgan fingerprint density at radius 3 is 1.15 bits per heavy atom. The lowest BCUT2D eigenvalue weighted by molar-refractivity contribution is -0.164. The largest absolute Gasteiger partial charge is 0.802 e. The third-order valence-corrected chi connectivity index (χ3v) is 10.2. The van der Waals surface area contributed by atoms with Gasteiger partial charge < -0.3 is 9.46 Å². The molecule has 26 heavy (non-hydrogen) atoms. The van der Waals surface area contributed by atoms with Crippen molar-refractivity contribution >= 4 is 15.3 Å². The van der Waals surface area contributed by atoms with Crippen molar-refractivity contribution in [2.24, 2.45) is 0 Å². The number of hydrogen-bond acceptors (Lipinski definition) is 2. The molecule has 0 fully saturated rings. The highest BCUT2D eigenvalue weighted by molar-refractivity contribution is 7.75. The van der Waals surface area contributed by atoms with Crippen LogP contribution in [0.25, 0.3) is 0 Å². The van der Waals surface area contributed by atoms with Crippen molar-refractivity contribution in [3.8, 4) is 0 Å². The summed E-state index contributed by atoms with van der Waals surface area (Å²) in [6, 6.07) is 0. The molecule has 0 aliphatic carbocycles. The Kier molecular flexibility index (Phi) is 24.3. The molecule has 160 valence electrons. The molecule has 0 rings (SSSR count). The molecule has 0 aliphatic rings. The average Bonchev–Trinajstić information content (AvgIpc) is 2.60. The van der Waals surface area contributed by atoms with Gasteiger partial charge in [0.05, 0.1) is 18.5 Å². The van der Waals surface area contributed by atoms with Crippen LogP contribution in [0.3, 0.4) is 0 Å². The minimum atomic E-state index is -2.39. The van der Waals surface area contributed by atoms with E-state index in [2.05, 4.69) is 27.4 Å². The summed E-state index contributed by atoms with van der Waals surface area (Å²) >= 11 is 0. The maximum absolute atomic E-state index is 9.67. The highest BCUT2D eigenvalue weighted by Crippen LogP contribution is 2.57. The van der Waals surface area contributed by atoms with E-state index in [0.717, 1.165) is 6.42 Å². The molecule has 4 heteroatoms. The third kappa shape index (κ3) is 22.7. The predicted octanol–water partition coefficient (Wildman–Crippen LogP) is 7.61. The summed E-state index contributed by atoms with van der Waals surface area (Å²) < 4.78 is 9.67. The highest BCUT2D eigenvalue weighted by Gasteiger charge is 2.29. The van der Waals surface area contributed by atoms with E-state index in [1.165, 1.54) is 77.0 Å². The van der Waals surface area contributed by atoms with E-state index in [0.29, 0.717) is 6.16 Å². The molecule has 0 heterocycles. The molecule has 0 aromatic heterocycles. The molecule has 0 amide bonds. The van der Waals surface area contributed by atoms with Gasteiger partial charge in [0.15, 0.2) is 0 Å². The van der Waals surface area contributed by atoms with Crippen LogP contribution in [0.2, 0.25) is 0 Å². The fraction of sp³-hybridized carbons (Fsp3) is 1.00. The molecular weight excluding hydrogens is 358 g/mol. The van der Waals surface area contributed by atoms with Gasteiger partial charge in [0.1, 0.15) is 0 Å². The van der Waals surface area contributed by atoms with Crippen molar-refractivity contribution in [3.63, 3.8) is 0 Å². The minimum absolute atomic E-state index is 0.366. The molecule has 1 atom stereocenters. The molecule has 0 N–H and O–H groups in total. The maximum atomic E-state index is 9.67. The lowest BCUT2D eigenvalue weighted by atomic mass is 10.2. The van der Waals surface area contributed by atoms with Gasteiger partial charge in [-0.15, -0.1) is 0 Å². The van der Waals surface area contributed by atoms with E-state index < -0.39 is 15.3 Å². The first-order chi connectivity index (χ1) is 12.5. The van der Waals surface area contributed by atoms with Crippen molar-refractivity contribution in [1.82, 2.24) is 0 Å². The van der Waals surface area contributed by atoms with Gasteiger partial charge in [-0.25, -0.2) is 0 Å². The Hall–Kier alpha value is 0.620. The average molecular weight is 409 g/mol. The smallest absolute Gasteiger partial charge is 0.0591 e. The van der Waals surface area contributed by atoms with E-state index in [1.807, 2.05) is 6.92 Å². The summed E-state index contributed by atoms with van der Waals surface area (Å²) in [6.45, 7) is 11.5. The van der Waals surface area contributed by atoms with Gasteiger partial charge >= 0.3 is 0 Å². The van der Waals surface area contributed by atoms with Crippen molar-refractivity contribution in [2.75, 3.05) is 31.3 Å². The number of unbranched alkanes of at least 4 members (excludes halogenated alkanes) is 9. The Bertz CT molecular complexity index is 265. The van der Waals surface area contributed by atoms with Crippen LogP contribution >= 0.6 is 15.3 Å². The summed E-state index contributed by atoms with van der Waals surface area (Å²) in [5.41, 5.74) is 0. The van der Waals surface area contributed by atoms with Crippen LogP contribution < -0.4 is 4.89 Å². The quantitative estimate of drug-likeness (QED) is 0.183. The van der Waals surface area contributed by atoms with Crippen molar-refractivity contribution in [2.45, 2.75) is 111 Å². The van der Waals surface area contributed by atoms with Crippen molar-refractivity contribution in [1.29, 1.82) is 0 Å². The van der Waals surface area contributed by atoms with Crippen molar-refractivity contribution < 1.29 is 9.46 Å². The zero-order valence-corrected chi connectivity index (χ0v) is 20.7. The molecule has 2 nitrogen and oxygen atoms in total. The molecule has 0 saturated heterocycles. The Morgan fingerprint density at radius 2 is 0.962 bits per heavy atom. The summed E-state index contributed by atoms with van der Waals surface area (Å²) in [5.74, 6) is 0. The second kappa shape index (κ2) is 21.9. The van der Waals surface area contributed by atoms with Crippen LogP contribution in [-0.4, -0.2) is 31.3 Å². The van der Waals surface area contributed by atoms with Crippen molar-refractivity contribution in [3.05, 3.63) is 0 Å². The maximum Gasteiger partial charge on any atom is 0.0591 e. The second-order valence-corrected chi connectivity index (χ2v) is 13.9. The molecule has 0 radical (unpaired) electrons. The Labute approximate surface area is 167 Å². The molecule has 1 unspecified atom stereocenters. The molecule has 0 spiro atoms. The van der Waals surface area contributed by atoms with Crippen LogP contribution in [0, 0.1) is 0 Å². The van der Waals surface area contributed by atoms with E-state index in [1.54, 1.807) is 18.5 Å². The topological polar surface area (TPSA) is 40.1 Å². The predicted molar refractivity (Wildman–Crippen MR) is 124 cm³/mol. The Balaban J connectivity index is 0. The summed E-state index contributed by atoms with van der Waals surface area (Å²) in [7, 11) is -2.98. The van der Waals surface area contributed by atoms with E-state index in [9.17, 15) is 9.46 Å². The summed E-state index contributed by atoms with van der Waals surface area (Å²) in [5, 5.41) is 0. The first-order valence-corrected chi connectivity index (χ1v) is 15.8. The van der Waals surface area contributed by atoms with Gasteiger partial charge in [0.2, 0.25) is 0 Å². The van der Waals surface area contributed by atoms with Gasteiger partial charge in [0.25, 0.3) is 0 Å². The molecule has 0 saturated carbocycles. The van der Waals surface area contributed by atoms with E-state index in [-0.39, 0.29) is 0 Å². The van der Waals surface area contributed by atoms with Crippen LogP contribution in [-0.2, 0) is 4.57 Å². The summed E-state index contributed by atoms with van der Waals surface area (Å²) in [6.07, 6.45) is 23.4. The third-order valence-electron chi connectivity index (χ3n) is 5.11. The van der Waals surface area contributed by atoms with E-state index in [4.69, 9.17) is 0 Å². The van der Waals surface area contributed by atoms with Crippen LogP contribution in [0.5, 0.6) is 0 Å². The number of rotatable bonds is 17. The first kappa shape index (κ1) is 28.8. The van der Waals surface area contributed by atoms with Crippen LogP contribution in [0.4, 0.5) is 0 Å². The first-order valence-electron chi connectivity index (χ1n) is 11.5. The SMILES string of the molecule is CCCCCC[P+](C)(CCCCCC)CCCCCC.CCC[PH](=O)[O-]. The van der Waals surface area contributed by atoms with Gasteiger partial charge in [-0.3, -0.25) is 0 Å². The molecular formula is C22H50O2P2. The molecule has 0 aromatic carbocycles. The summed E-state index contributed by atoms with van der Waals surface area (Å²) in [4.78, 5) is 9.67. The normalized spacial score (nSPS) is 12.5. The molecule has 0 aromatic rings. The van der Waals surface area contributed by atoms with Gasteiger partial charge in [-0.2, -0.15) is 0 Å². The highest BCUT2D eigenvalue weighted by atomic mass is 31.2. The fourth-order valence-electron chi connectivity index (χ4n) is 3.30. The number of hydrogen-bond donors (Lipinski definition) is 0. The second-order valence-electron chi connectivity index (χ2n) is 8.09. The standard InChI is InChI=1S/C19H42P.C3H9O2P/c1-5-8-11-14-17-20(4,18-15-12-9-6-2)19-16-13-10-7-3;1-2-3-6(4)5/h5-19H2,1-4H3;6H,2-3H2,1H3,(H,4,5)/q+1;/p-1. The lowest BCUT2D eigenvalue weighted by Gasteiger charge is -2.23. The van der Waals surface area contributed by atoms with E-state index >= 15 is 0 Å². The monoisotopic (exact) mass is 408 g/mol. The zero-order chi connectivity index (χ0) is 20.1. The minimum Gasteiger partial charge on any atom is -0.802 e.